The number of rotatable bonds is 4. The average Bonchev–Trinajstić information content (AvgIpc) is 2.59. The van der Waals surface area contributed by atoms with E-state index in [2.05, 4.69) is 20.0 Å². The van der Waals surface area contributed by atoms with Gasteiger partial charge in [-0.15, -0.1) is 13.2 Å². The number of halogens is 3. The Balaban J connectivity index is 1.63. The van der Waals surface area contributed by atoms with E-state index in [0.29, 0.717) is 22.2 Å². The number of ether oxygens (including phenoxy) is 1. The van der Waals surface area contributed by atoms with Gasteiger partial charge in [-0.05, 0) is 35.9 Å². The Hall–Kier alpha value is -3.16. The summed E-state index contributed by atoms with van der Waals surface area (Å²) in [4.78, 5) is 20.4. The molecule has 1 N–H and O–H groups in total. The molecule has 0 unspecified atom stereocenters. The predicted molar refractivity (Wildman–Crippen MR) is 83.8 cm³/mol. The molecule has 0 spiro atoms. The van der Waals surface area contributed by atoms with Gasteiger partial charge in [0.15, 0.2) is 0 Å². The Labute approximate surface area is 140 Å². The number of nitrogens with one attached hydrogen (secondary N) is 1. The van der Waals surface area contributed by atoms with E-state index in [4.69, 9.17) is 0 Å². The van der Waals surface area contributed by atoms with Crippen molar-refractivity contribution in [3.8, 4) is 5.75 Å². The molecule has 0 fully saturated rings. The van der Waals surface area contributed by atoms with Crippen molar-refractivity contribution in [3.05, 3.63) is 66.0 Å². The molecule has 25 heavy (non-hydrogen) atoms. The quantitative estimate of drug-likeness (QED) is 0.785. The molecule has 0 bridgehead atoms. The van der Waals surface area contributed by atoms with Crippen LogP contribution in [0.25, 0.3) is 11.0 Å². The molecule has 0 aliphatic rings. The minimum absolute atomic E-state index is 0.170. The first-order valence-corrected chi connectivity index (χ1v) is 7.24. The number of alkyl halides is 3. The molecule has 3 rings (SSSR count). The molecule has 0 saturated heterocycles. The van der Waals surface area contributed by atoms with Crippen LogP contribution in [0.1, 0.15) is 15.9 Å². The lowest BCUT2D eigenvalue weighted by atomic mass is 10.1. The minimum Gasteiger partial charge on any atom is -0.406 e. The summed E-state index contributed by atoms with van der Waals surface area (Å²) in [6.07, 6.45) is -1.63. The smallest absolute Gasteiger partial charge is 0.406 e. The molecule has 1 heterocycles. The molecule has 2 aromatic carbocycles. The molecular formula is C17H12F3N3O2. The zero-order valence-electron chi connectivity index (χ0n) is 12.7. The van der Waals surface area contributed by atoms with Crippen molar-refractivity contribution in [2.45, 2.75) is 12.9 Å². The van der Waals surface area contributed by atoms with Crippen LogP contribution in [0.5, 0.6) is 5.75 Å². The van der Waals surface area contributed by atoms with Crippen molar-refractivity contribution in [1.82, 2.24) is 15.3 Å². The number of fused-ring (bicyclic) bond motifs is 1. The van der Waals surface area contributed by atoms with Gasteiger partial charge in [0.2, 0.25) is 0 Å². The van der Waals surface area contributed by atoms with Crippen molar-refractivity contribution in [2.75, 3.05) is 0 Å². The highest BCUT2D eigenvalue weighted by atomic mass is 19.4. The molecule has 0 aliphatic carbocycles. The van der Waals surface area contributed by atoms with Gasteiger partial charge in [0, 0.05) is 24.5 Å². The van der Waals surface area contributed by atoms with Crippen molar-refractivity contribution < 1.29 is 22.7 Å². The number of hydrogen-bond donors (Lipinski definition) is 1. The lowest BCUT2D eigenvalue weighted by Gasteiger charge is -2.10. The number of hydrogen-bond acceptors (Lipinski definition) is 4. The van der Waals surface area contributed by atoms with E-state index in [0.717, 1.165) is 0 Å². The van der Waals surface area contributed by atoms with E-state index >= 15 is 0 Å². The summed E-state index contributed by atoms with van der Waals surface area (Å²) in [6.45, 7) is 0.170. The molecule has 3 aromatic rings. The maximum Gasteiger partial charge on any atom is 0.573 e. The van der Waals surface area contributed by atoms with Crippen molar-refractivity contribution in [2.24, 2.45) is 0 Å². The van der Waals surface area contributed by atoms with Crippen LogP contribution >= 0.6 is 0 Å². The van der Waals surface area contributed by atoms with Gasteiger partial charge in [0.05, 0.1) is 11.0 Å². The number of carbonyl (C=O) groups is 1. The van der Waals surface area contributed by atoms with Crippen LogP contribution < -0.4 is 10.1 Å². The fourth-order valence-corrected chi connectivity index (χ4v) is 2.20. The minimum atomic E-state index is -4.73. The van der Waals surface area contributed by atoms with E-state index in [1.165, 1.54) is 30.5 Å². The summed E-state index contributed by atoms with van der Waals surface area (Å²) in [6, 6.07) is 10.2. The number of carbonyl (C=O) groups excluding carboxylic acids is 1. The third-order valence-corrected chi connectivity index (χ3v) is 3.34. The van der Waals surface area contributed by atoms with Gasteiger partial charge in [-0.25, -0.2) is 0 Å². The second-order valence-corrected chi connectivity index (χ2v) is 5.13. The van der Waals surface area contributed by atoms with E-state index in [1.54, 1.807) is 24.4 Å². The van der Waals surface area contributed by atoms with Gasteiger partial charge in [-0.3, -0.25) is 14.8 Å². The zero-order chi connectivity index (χ0) is 17.9. The van der Waals surface area contributed by atoms with Crippen molar-refractivity contribution in [3.63, 3.8) is 0 Å². The SMILES string of the molecule is O=C(NCc1ccc(OC(F)(F)F)cc1)c1ccc2nccnc2c1. The van der Waals surface area contributed by atoms with Gasteiger partial charge in [0.1, 0.15) is 5.75 Å². The van der Waals surface area contributed by atoms with Gasteiger partial charge in [-0.1, -0.05) is 12.1 Å². The van der Waals surface area contributed by atoms with Gasteiger partial charge < -0.3 is 10.1 Å². The van der Waals surface area contributed by atoms with Crippen LogP contribution in [-0.2, 0) is 6.54 Å². The van der Waals surface area contributed by atoms with Crippen LogP contribution in [-0.4, -0.2) is 22.2 Å². The number of benzene rings is 2. The maximum absolute atomic E-state index is 12.2. The van der Waals surface area contributed by atoms with E-state index in [9.17, 15) is 18.0 Å². The van der Waals surface area contributed by atoms with E-state index in [1.807, 2.05) is 0 Å². The van der Waals surface area contributed by atoms with Crippen molar-refractivity contribution in [1.29, 1.82) is 0 Å². The standard InChI is InChI=1S/C17H12F3N3O2/c18-17(19,20)25-13-4-1-11(2-5-13)10-23-16(24)12-3-6-14-15(9-12)22-8-7-21-14/h1-9H,10H2,(H,23,24). The molecule has 0 atom stereocenters. The highest BCUT2D eigenvalue weighted by Gasteiger charge is 2.30. The average molecular weight is 347 g/mol. The molecule has 0 aliphatic heterocycles. The molecule has 8 heteroatoms. The van der Waals surface area contributed by atoms with E-state index < -0.39 is 6.36 Å². The lowest BCUT2D eigenvalue weighted by molar-refractivity contribution is -0.274. The third-order valence-electron chi connectivity index (χ3n) is 3.34. The number of aromatic nitrogens is 2. The Kier molecular flexibility index (Phi) is 4.51. The highest BCUT2D eigenvalue weighted by Crippen LogP contribution is 2.22. The molecule has 128 valence electrons. The van der Waals surface area contributed by atoms with Crippen LogP contribution in [0.2, 0.25) is 0 Å². The Morgan fingerprint density at radius 1 is 1.00 bits per heavy atom. The maximum atomic E-state index is 12.2. The normalized spacial score (nSPS) is 11.3. The molecule has 0 saturated carbocycles. The van der Waals surface area contributed by atoms with Crippen molar-refractivity contribution >= 4 is 16.9 Å². The molecule has 1 amide bonds. The zero-order valence-corrected chi connectivity index (χ0v) is 12.7. The molecule has 5 nitrogen and oxygen atoms in total. The Morgan fingerprint density at radius 3 is 2.36 bits per heavy atom. The van der Waals surface area contributed by atoms with Gasteiger partial charge in [-0.2, -0.15) is 0 Å². The molecule has 1 aromatic heterocycles. The summed E-state index contributed by atoms with van der Waals surface area (Å²) in [7, 11) is 0. The molecular weight excluding hydrogens is 335 g/mol. The summed E-state index contributed by atoms with van der Waals surface area (Å²) >= 11 is 0. The number of amides is 1. The second-order valence-electron chi connectivity index (χ2n) is 5.13. The summed E-state index contributed by atoms with van der Waals surface area (Å²) < 4.78 is 40.1. The fourth-order valence-electron chi connectivity index (χ4n) is 2.20. The van der Waals surface area contributed by atoms with E-state index in [-0.39, 0.29) is 18.2 Å². The summed E-state index contributed by atoms with van der Waals surface area (Å²) in [5.41, 5.74) is 2.34. The fraction of sp³-hybridized carbons (Fsp3) is 0.118. The Bertz CT molecular complexity index is 896. The van der Waals surface area contributed by atoms with Gasteiger partial charge >= 0.3 is 6.36 Å². The van der Waals surface area contributed by atoms with Crippen LogP contribution in [0.3, 0.4) is 0 Å². The number of nitrogens with zero attached hydrogens (tertiary/aromatic N) is 2. The first-order valence-electron chi connectivity index (χ1n) is 7.24. The predicted octanol–water partition coefficient (Wildman–Crippen LogP) is 3.46. The monoisotopic (exact) mass is 347 g/mol. The first-order chi connectivity index (χ1) is 11.9. The summed E-state index contributed by atoms with van der Waals surface area (Å²) in [5, 5.41) is 2.70. The topological polar surface area (TPSA) is 64.1 Å². The van der Waals surface area contributed by atoms with Crippen LogP contribution in [0, 0.1) is 0 Å². The van der Waals surface area contributed by atoms with Crippen LogP contribution in [0.4, 0.5) is 13.2 Å². The first kappa shape index (κ1) is 16.7. The summed E-state index contributed by atoms with van der Waals surface area (Å²) in [5.74, 6) is -0.626. The Morgan fingerprint density at radius 2 is 1.68 bits per heavy atom. The largest absolute Gasteiger partial charge is 0.573 e. The van der Waals surface area contributed by atoms with Crippen LogP contribution in [0.15, 0.2) is 54.9 Å². The second kappa shape index (κ2) is 6.76. The van der Waals surface area contributed by atoms with Gasteiger partial charge in [0.25, 0.3) is 5.91 Å². The molecule has 0 radical (unpaired) electrons. The lowest BCUT2D eigenvalue weighted by Crippen LogP contribution is -2.22. The third kappa shape index (κ3) is 4.43. The highest BCUT2D eigenvalue weighted by molar-refractivity contribution is 5.97.